The number of likely N-dealkylation sites (N-methyl/N-ethyl adjacent to an activating group) is 1. The van der Waals surface area contributed by atoms with E-state index in [2.05, 4.69) is 15.8 Å². The second-order valence-electron chi connectivity index (χ2n) is 4.26. The van der Waals surface area contributed by atoms with Crippen LogP contribution in [-0.2, 0) is 4.79 Å². The third-order valence-electron chi connectivity index (χ3n) is 2.77. The fraction of sp³-hybridized carbons (Fsp3) is 0.214. The molecule has 0 saturated heterocycles. The molecule has 2 rings (SSSR count). The van der Waals surface area contributed by atoms with Crippen molar-refractivity contribution in [1.82, 2.24) is 15.8 Å². The molecule has 0 aliphatic heterocycles. The molecule has 0 radical (unpaired) electrons. The molecule has 1 aromatic heterocycles. The summed E-state index contributed by atoms with van der Waals surface area (Å²) >= 11 is 0. The summed E-state index contributed by atoms with van der Waals surface area (Å²) in [6.07, 6.45) is 0. The number of aryl methyl sites for hydroxylation is 1. The predicted octanol–water partition coefficient (Wildman–Crippen LogP) is 1.20. The summed E-state index contributed by atoms with van der Waals surface area (Å²) in [5, 5.41) is 8.80. The molecule has 0 bridgehead atoms. The van der Waals surface area contributed by atoms with Crippen molar-refractivity contribution in [3.05, 3.63) is 53.4 Å². The van der Waals surface area contributed by atoms with Crippen LogP contribution in [0.5, 0.6) is 0 Å². The van der Waals surface area contributed by atoms with E-state index in [9.17, 15) is 9.59 Å². The third kappa shape index (κ3) is 3.03. The van der Waals surface area contributed by atoms with E-state index in [-0.39, 0.29) is 11.7 Å². The van der Waals surface area contributed by atoms with E-state index in [4.69, 9.17) is 4.52 Å². The van der Waals surface area contributed by atoms with Gasteiger partial charge in [0.25, 0.3) is 5.91 Å². The van der Waals surface area contributed by atoms with E-state index in [0.29, 0.717) is 11.3 Å². The second-order valence-corrected chi connectivity index (χ2v) is 4.26. The van der Waals surface area contributed by atoms with Crippen LogP contribution < -0.4 is 10.6 Å². The molecule has 6 heteroatoms. The van der Waals surface area contributed by atoms with Crippen molar-refractivity contribution in [1.29, 1.82) is 0 Å². The first kappa shape index (κ1) is 13.8. The van der Waals surface area contributed by atoms with Crippen LogP contribution >= 0.6 is 0 Å². The number of aromatic nitrogens is 1. The number of benzene rings is 1. The van der Waals surface area contributed by atoms with E-state index >= 15 is 0 Å². The zero-order valence-corrected chi connectivity index (χ0v) is 11.2. The topological polar surface area (TPSA) is 84.2 Å². The molecule has 1 aromatic carbocycles. The molecule has 1 heterocycles. The van der Waals surface area contributed by atoms with Gasteiger partial charge in [-0.3, -0.25) is 9.59 Å². The van der Waals surface area contributed by atoms with Gasteiger partial charge in [-0.15, -0.1) is 0 Å². The lowest BCUT2D eigenvalue weighted by Crippen LogP contribution is -2.38. The molecular formula is C14H15N3O3. The Bertz CT molecular complexity index is 607. The van der Waals surface area contributed by atoms with Crippen LogP contribution in [0.1, 0.15) is 27.9 Å². The summed E-state index contributed by atoms with van der Waals surface area (Å²) in [6, 6.07) is 9.72. The SMILES string of the molecule is CNC(=O)[C@H](NC(=O)c1cc(C)no1)c1ccccc1. The molecule has 0 saturated carbocycles. The lowest BCUT2D eigenvalue weighted by atomic mass is 10.1. The van der Waals surface area contributed by atoms with Crippen LogP contribution in [0, 0.1) is 6.92 Å². The average Bonchev–Trinajstić information content (AvgIpc) is 2.91. The van der Waals surface area contributed by atoms with Gasteiger partial charge in [0.05, 0.1) is 5.69 Å². The summed E-state index contributed by atoms with van der Waals surface area (Å²) in [7, 11) is 1.52. The Hall–Kier alpha value is -2.63. The number of carbonyl (C=O) groups is 2. The van der Waals surface area contributed by atoms with Crippen LogP contribution in [0.2, 0.25) is 0 Å². The van der Waals surface area contributed by atoms with Crippen molar-refractivity contribution in [3.63, 3.8) is 0 Å². The largest absolute Gasteiger partial charge is 0.357 e. The quantitative estimate of drug-likeness (QED) is 0.876. The Kier molecular flexibility index (Phi) is 4.14. The Labute approximate surface area is 116 Å². The second kappa shape index (κ2) is 6.01. The van der Waals surface area contributed by atoms with Gasteiger partial charge in [0, 0.05) is 13.1 Å². The molecule has 1 atom stereocenters. The first-order valence-electron chi connectivity index (χ1n) is 6.12. The van der Waals surface area contributed by atoms with Gasteiger partial charge in [-0.1, -0.05) is 35.5 Å². The highest BCUT2D eigenvalue weighted by molar-refractivity contribution is 5.95. The Balaban J connectivity index is 2.21. The Morgan fingerprint density at radius 3 is 2.50 bits per heavy atom. The number of nitrogens with zero attached hydrogens (tertiary/aromatic N) is 1. The van der Waals surface area contributed by atoms with Crippen molar-refractivity contribution in [2.24, 2.45) is 0 Å². The molecule has 0 unspecified atom stereocenters. The molecule has 2 N–H and O–H groups in total. The molecule has 20 heavy (non-hydrogen) atoms. The highest BCUT2D eigenvalue weighted by Crippen LogP contribution is 2.14. The lowest BCUT2D eigenvalue weighted by molar-refractivity contribution is -0.122. The Morgan fingerprint density at radius 1 is 1.25 bits per heavy atom. The van der Waals surface area contributed by atoms with Gasteiger partial charge in [-0.05, 0) is 12.5 Å². The van der Waals surface area contributed by atoms with Crippen LogP contribution in [0.3, 0.4) is 0 Å². The molecule has 0 aliphatic carbocycles. The monoisotopic (exact) mass is 273 g/mol. The maximum atomic E-state index is 12.0. The summed E-state index contributed by atoms with van der Waals surface area (Å²) < 4.78 is 4.88. The van der Waals surface area contributed by atoms with Crippen LogP contribution in [0.4, 0.5) is 0 Å². The summed E-state index contributed by atoms with van der Waals surface area (Å²) in [5.74, 6) is -0.712. The highest BCUT2D eigenvalue weighted by atomic mass is 16.5. The maximum absolute atomic E-state index is 12.0. The minimum absolute atomic E-state index is 0.0762. The van der Waals surface area contributed by atoms with Gasteiger partial charge in [-0.25, -0.2) is 0 Å². The molecule has 2 aromatic rings. The van der Waals surface area contributed by atoms with Crippen LogP contribution in [-0.4, -0.2) is 24.0 Å². The number of hydrogen-bond donors (Lipinski definition) is 2. The van der Waals surface area contributed by atoms with E-state index < -0.39 is 11.9 Å². The van der Waals surface area contributed by atoms with E-state index in [1.54, 1.807) is 31.2 Å². The molecular weight excluding hydrogens is 258 g/mol. The number of amides is 2. The number of hydrogen-bond acceptors (Lipinski definition) is 4. The van der Waals surface area contributed by atoms with E-state index in [1.165, 1.54) is 13.1 Å². The predicted molar refractivity (Wildman–Crippen MR) is 72.0 cm³/mol. The standard InChI is InChI=1S/C14H15N3O3/c1-9-8-11(20-17-9)13(18)16-12(14(19)15-2)10-6-4-3-5-7-10/h3-8,12H,1-2H3,(H,15,19)(H,16,18)/t12-/m1/s1. The third-order valence-corrected chi connectivity index (χ3v) is 2.77. The summed E-state index contributed by atoms with van der Waals surface area (Å²) in [4.78, 5) is 23.9. The van der Waals surface area contributed by atoms with Crippen LogP contribution in [0.15, 0.2) is 40.9 Å². The average molecular weight is 273 g/mol. The molecule has 0 aliphatic rings. The minimum atomic E-state index is -0.779. The molecule has 0 fully saturated rings. The smallest absolute Gasteiger partial charge is 0.290 e. The van der Waals surface area contributed by atoms with E-state index in [0.717, 1.165) is 0 Å². The maximum Gasteiger partial charge on any atom is 0.290 e. The first-order valence-corrected chi connectivity index (χ1v) is 6.12. The van der Waals surface area contributed by atoms with Crippen molar-refractivity contribution in [2.45, 2.75) is 13.0 Å². The Morgan fingerprint density at radius 2 is 1.95 bits per heavy atom. The van der Waals surface area contributed by atoms with Gasteiger partial charge in [0.2, 0.25) is 11.7 Å². The highest BCUT2D eigenvalue weighted by Gasteiger charge is 2.23. The fourth-order valence-electron chi connectivity index (χ4n) is 1.76. The van der Waals surface area contributed by atoms with Crippen molar-refractivity contribution in [2.75, 3.05) is 7.05 Å². The number of nitrogens with one attached hydrogen (secondary N) is 2. The molecule has 2 amide bonds. The van der Waals surface area contributed by atoms with Crippen molar-refractivity contribution >= 4 is 11.8 Å². The van der Waals surface area contributed by atoms with Gasteiger partial charge in [0.1, 0.15) is 6.04 Å². The summed E-state index contributed by atoms with van der Waals surface area (Å²) in [6.45, 7) is 1.72. The van der Waals surface area contributed by atoms with Gasteiger partial charge < -0.3 is 15.2 Å². The fourth-order valence-corrected chi connectivity index (χ4v) is 1.76. The van der Waals surface area contributed by atoms with Crippen molar-refractivity contribution in [3.8, 4) is 0 Å². The van der Waals surface area contributed by atoms with Crippen molar-refractivity contribution < 1.29 is 14.1 Å². The van der Waals surface area contributed by atoms with Crippen LogP contribution in [0.25, 0.3) is 0 Å². The molecule has 0 spiro atoms. The summed E-state index contributed by atoms with van der Waals surface area (Å²) in [5.41, 5.74) is 1.29. The van der Waals surface area contributed by atoms with E-state index in [1.807, 2.05) is 6.07 Å². The first-order chi connectivity index (χ1) is 9.61. The lowest BCUT2D eigenvalue weighted by Gasteiger charge is -2.16. The zero-order valence-electron chi connectivity index (χ0n) is 11.2. The van der Waals surface area contributed by atoms with Gasteiger partial charge in [-0.2, -0.15) is 0 Å². The number of carbonyl (C=O) groups excluding carboxylic acids is 2. The number of rotatable bonds is 4. The van der Waals surface area contributed by atoms with Gasteiger partial charge >= 0.3 is 0 Å². The van der Waals surface area contributed by atoms with Gasteiger partial charge in [0.15, 0.2) is 0 Å². The molecule has 6 nitrogen and oxygen atoms in total. The molecule has 104 valence electrons. The minimum Gasteiger partial charge on any atom is -0.357 e. The normalized spacial score (nSPS) is 11.7. The zero-order chi connectivity index (χ0) is 14.5.